The Balaban J connectivity index is 1.30. The van der Waals surface area contributed by atoms with Crippen LogP contribution in [0.1, 0.15) is 11.1 Å². The van der Waals surface area contributed by atoms with Crippen molar-refractivity contribution in [1.82, 2.24) is 0 Å². The zero-order valence-corrected chi connectivity index (χ0v) is 38.0. The number of hydrogen-bond acceptors (Lipinski definition) is 8. The standard InChI is InChI=1S/C52H46Cl2O8P2/c55-53(56,57)61-63(45-25-7-1-8-26-45,46-27-9-2-10-28-46,47-29-11-3-12-30-47)41-39-43-23-19-21-37-51(43)52-38-22-20-24-44(52)40-42-64(62-54(58,59)60,48-31-13-4-14-32-48,49-33-15-5-16-34-49)50-35-17-6-18-36-50/h1-38H,39-42H2. The summed E-state index contributed by atoms with van der Waals surface area (Å²) in [5.74, 6) is 0. The summed E-state index contributed by atoms with van der Waals surface area (Å²) in [6.45, 7) is -9.33. The third kappa shape index (κ3) is 8.46. The summed E-state index contributed by atoms with van der Waals surface area (Å²) in [5.41, 5.74) is 3.42. The Kier molecular flexibility index (Phi) is 13.1. The van der Waals surface area contributed by atoms with Gasteiger partial charge in [-0.2, -0.15) is 0 Å². The SMILES string of the molecule is [O-][Cl+3]([O-])([O-])OP(CCc1ccccc1-c1ccccc1CCP(O[Cl+3]([O-])([O-])[O-])(c1ccccc1)(c1ccccc1)c1ccccc1)(c1ccccc1)(c1ccccc1)c1ccccc1. The van der Waals surface area contributed by atoms with Crippen molar-refractivity contribution in [3.8, 4) is 11.1 Å². The van der Waals surface area contributed by atoms with Crippen molar-refractivity contribution in [1.29, 1.82) is 0 Å². The molecule has 0 heterocycles. The summed E-state index contributed by atoms with van der Waals surface area (Å²) in [7, 11) is -9.96. The van der Waals surface area contributed by atoms with Crippen molar-refractivity contribution in [3.05, 3.63) is 242 Å². The van der Waals surface area contributed by atoms with E-state index >= 15 is 0 Å². The Bertz CT molecular complexity index is 2380. The first-order valence-corrected chi connectivity index (χ1v) is 27.8. The van der Waals surface area contributed by atoms with Crippen LogP contribution in [0.15, 0.2) is 231 Å². The van der Waals surface area contributed by atoms with Crippen molar-refractivity contribution in [3.63, 3.8) is 0 Å². The molecular formula is C52H46Cl2O8P2. The Labute approximate surface area is 378 Å². The van der Waals surface area contributed by atoms with Crippen LogP contribution in [0.3, 0.4) is 0 Å². The summed E-state index contributed by atoms with van der Waals surface area (Å²) in [5, 5.41) is 3.49. The van der Waals surface area contributed by atoms with Crippen molar-refractivity contribution >= 4 is 45.5 Å². The molecule has 0 N–H and O–H groups in total. The van der Waals surface area contributed by atoms with Gasteiger partial charge in [-0.25, -0.2) is 0 Å². The summed E-state index contributed by atoms with van der Waals surface area (Å²) in [6, 6.07) is 70.6. The van der Waals surface area contributed by atoms with Gasteiger partial charge in [-0.3, -0.25) is 0 Å². The van der Waals surface area contributed by atoms with Gasteiger partial charge in [0.1, 0.15) is 0 Å². The first-order valence-electron chi connectivity index (χ1n) is 20.6. The van der Waals surface area contributed by atoms with Crippen LogP contribution in [0.4, 0.5) is 0 Å². The van der Waals surface area contributed by atoms with Gasteiger partial charge in [-0.15, -0.1) is 0 Å². The fourth-order valence-corrected chi connectivity index (χ4v) is 24.4. The van der Waals surface area contributed by atoms with E-state index in [9.17, 15) is 28.0 Å². The predicted octanol–water partition coefficient (Wildman–Crippen LogP) is 3.16. The molecule has 0 fully saturated rings. The molecular weight excluding hydrogens is 885 g/mol. The van der Waals surface area contributed by atoms with Gasteiger partial charge in [0, 0.05) is 0 Å². The van der Waals surface area contributed by atoms with E-state index in [1.807, 2.05) is 231 Å². The van der Waals surface area contributed by atoms with Crippen molar-refractivity contribution in [2.24, 2.45) is 0 Å². The van der Waals surface area contributed by atoms with E-state index in [1.165, 1.54) is 0 Å². The molecule has 0 saturated heterocycles. The fraction of sp³-hybridized carbons (Fsp3) is 0.0769. The second-order valence-corrected chi connectivity index (χ2v) is 27.1. The predicted molar refractivity (Wildman–Crippen MR) is 241 cm³/mol. The van der Waals surface area contributed by atoms with E-state index in [0.29, 0.717) is 31.8 Å². The minimum atomic E-state index is -4.98. The van der Waals surface area contributed by atoms with Crippen LogP contribution in [0.25, 0.3) is 11.1 Å². The number of halogens is 2. The zero-order chi connectivity index (χ0) is 44.8. The van der Waals surface area contributed by atoms with Gasteiger partial charge in [-0.1, -0.05) is 0 Å². The number of aryl methyl sites for hydroxylation is 2. The number of hydrogen-bond donors (Lipinski definition) is 0. The van der Waals surface area contributed by atoms with E-state index < -0.39 is 34.1 Å². The van der Waals surface area contributed by atoms with Gasteiger partial charge in [0.05, 0.1) is 0 Å². The van der Waals surface area contributed by atoms with Crippen LogP contribution >= 0.6 is 13.7 Å². The van der Waals surface area contributed by atoms with E-state index in [1.54, 1.807) is 0 Å². The topological polar surface area (TPSA) is 157 Å². The number of benzene rings is 8. The second kappa shape index (κ2) is 18.4. The van der Waals surface area contributed by atoms with Gasteiger partial charge in [0.2, 0.25) is 0 Å². The van der Waals surface area contributed by atoms with Gasteiger partial charge in [0.25, 0.3) is 0 Å². The second-order valence-electron chi connectivity index (χ2n) is 15.6. The Morgan fingerprint density at radius 2 is 0.484 bits per heavy atom. The Morgan fingerprint density at radius 3 is 0.703 bits per heavy atom. The van der Waals surface area contributed by atoms with Crippen LogP contribution in [-0.2, 0) is 21.0 Å². The third-order valence-corrected chi connectivity index (χ3v) is 26.5. The summed E-state index contributed by atoms with van der Waals surface area (Å²) in [4.78, 5) is 0. The van der Waals surface area contributed by atoms with Gasteiger partial charge in [0.15, 0.2) is 0 Å². The molecule has 0 aliphatic carbocycles. The number of rotatable bonds is 17. The Hall–Kier alpha value is -5.12. The van der Waals surface area contributed by atoms with Gasteiger partial charge >= 0.3 is 380 Å². The molecule has 0 aromatic heterocycles. The summed E-state index contributed by atoms with van der Waals surface area (Å²) < 4.78 is 92.0. The molecule has 8 aromatic carbocycles. The molecule has 0 unspecified atom stereocenters. The van der Waals surface area contributed by atoms with E-state index in [2.05, 4.69) is 0 Å². The van der Waals surface area contributed by atoms with Crippen molar-refractivity contribution < 1.29 is 56.6 Å². The molecule has 8 nitrogen and oxygen atoms in total. The molecule has 0 amide bonds. The van der Waals surface area contributed by atoms with E-state index in [4.69, 9.17) is 8.15 Å². The van der Waals surface area contributed by atoms with Crippen molar-refractivity contribution in [2.45, 2.75) is 12.8 Å². The molecule has 0 aliphatic heterocycles. The molecule has 12 heteroatoms. The molecule has 0 radical (unpaired) electrons. The molecule has 326 valence electrons. The minimum absolute atomic E-state index is 0.109. The molecule has 8 rings (SSSR count). The van der Waals surface area contributed by atoms with Crippen LogP contribution in [0, 0.1) is 20.5 Å². The first kappa shape index (κ1) is 45.4. The van der Waals surface area contributed by atoms with E-state index in [0.717, 1.165) is 22.3 Å². The van der Waals surface area contributed by atoms with Crippen LogP contribution in [0.5, 0.6) is 0 Å². The zero-order valence-electron chi connectivity index (χ0n) is 34.7. The quantitative estimate of drug-likeness (QED) is 0.126. The monoisotopic (exact) mass is 930 g/mol. The van der Waals surface area contributed by atoms with Crippen molar-refractivity contribution in [2.75, 3.05) is 12.3 Å². The molecule has 64 heavy (non-hydrogen) atoms. The van der Waals surface area contributed by atoms with E-state index in [-0.39, 0.29) is 25.2 Å². The Morgan fingerprint density at radius 1 is 0.281 bits per heavy atom. The van der Waals surface area contributed by atoms with Gasteiger partial charge < -0.3 is 0 Å². The molecule has 0 spiro atoms. The average molecular weight is 932 g/mol. The van der Waals surface area contributed by atoms with Crippen LogP contribution < -0.4 is 59.8 Å². The van der Waals surface area contributed by atoms with Gasteiger partial charge in [-0.05, 0) is 0 Å². The summed E-state index contributed by atoms with van der Waals surface area (Å²) in [6.07, 6.45) is 0.774. The average Bonchev–Trinajstić information content (AvgIpc) is 3.33. The third-order valence-electron chi connectivity index (χ3n) is 12.2. The summed E-state index contributed by atoms with van der Waals surface area (Å²) >= 11 is 0. The maximum atomic E-state index is 13.3. The molecule has 8 aromatic rings. The van der Waals surface area contributed by atoms with Crippen LogP contribution in [-0.4, -0.2) is 12.3 Å². The molecule has 0 atom stereocenters. The first-order chi connectivity index (χ1) is 30.9. The maximum absolute atomic E-state index is 13.3. The molecule has 0 aliphatic rings. The molecule has 0 bridgehead atoms. The normalized spacial score (nSPS) is 13.6. The van der Waals surface area contributed by atoms with Crippen LogP contribution in [0.2, 0.25) is 0 Å². The molecule has 0 saturated carbocycles. The fourth-order valence-electron chi connectivity index (χ4n) is 9.48.